The van der Waals surface area contributed by atoms with Crippen molar-refractivity contribution in [2.24, 2.45) is 0 Å². The van der Waals surface area contributed by atoms with Crippen LogP contribution in [0.25, 0.3) is 0 Å². The maximum atomic E-state index is 4.40. The van der Waals surface area contributed by atoms with Crippen molar-refractivity contribution >= 4 is 0 Å². The maximum Gasteiger partial charge on any atom is 0.141 e. The summed E-state index contributed by atoms with van der Waals surface area (Å²) < 4.78 is 2.04. The predicted molar refractivity (Wildman–Crippen MR) is 73.8 cm³/mol. The van der Waals surface area contributed by atoms with E-state index < -0.39 is 0 Å². The van der Waals surface area contributed by atoms with Crippen LogP contribution in [0.15, 0.2) is 6.33 Å². The molecule has 0 bridgehead atoms. The van der Waals surface area contributed by atoms with E-state index in [2.05, 4.69) is 32.1 Å². The van der Waals surface area contributed by atoms with E-state index in [0.717, 1.165) is 44.5 Å². The molecule has 0 aliphatic carbocycles. The van der Waals surface area contributed by atoms with Crippen molar-refractivity contribution in [1.29, 1.82) is 0 Å². The van der Waals surface area contributed by atoms with E-state index in [1.807, 2.05) is 4.68 Å². The monoisotopic (exact) mass is 264 g/mol. The number of hydrogen-bond donors (Lipinski definition) is 1. The Morgan fingerprint density at radius 2 is 2.05 bits per heavy atom. The minimum absolute atomic E-state index is 0.783. The summed E-state index contributed by atoms with van der Waals surface area (Å²) in [7, 11) is 0. The first-order valence-electron chi connectivity index (χ1n) is 7.40. The molecule has 3 rings (SSSR count). The van der Waals surface area contributed by atoms with Gasteiger partial charge in [0.1, 0.15) is 12.2 Å². The summed E-state index contributed by atoms with van der Waals surface area (Å²) in [6.45, 7) is 11.1. The van der Waals surface area contributed by atoms with Crippen molar-refractivity contribution in [3.63, 3.8) is 0 Å². The van der Waals surface area contributed by atoms with Gasteiger partial charge in [0.25, 0.3) is 0 Å². The number of aryl methyl sites for hydroxylation is 1. The molecule has 2 saturated heterocycles. The first kappa shape index (κ1) is 13.0. The summed E-state index contributed by atoms with van der Waals surface area (Å²) in [5, 5.41) is 7.65. The second-order valence-corrected chi connectivity index (χ2v) is 5.52. The van der Waals surface area contributed by atoms with Crippen molar-refractivity contribution < 1.29 is 0 Å². The Bertz CT molecular complexity index is 392. The van der Waals surface area contributed by atoms with Crippen LogP contribution in [0.3, 0.4) is 0 Å². The summed E-state index contributed by atoms with van der Waals surface area (Å²) in [6.07, 6.45) is 2.79. The fourth-order valence-corrected chi connectivity index (χ4v) is 2.83. The molecule has 6 nitrogen and oxygen atoms in total. The van der Waals surface area contributed by atoms with Gasteiger partial charge in [0.15, 0.2) is 0 Å². The second kappa shape index (κ2) is 5.98. The summed E-state index contributed by atoms with van der Waals surface area (Å²) in [5.74, 6) is 1.11. The molecule has 0 unspecified atom stereocenters. The Balaban J connectivity index is 1.49. The zero-order chi connectivity index (χ0) is 13.1. The smallest absolute Gasteiger partial charge is 0.141 e. The Morgan fingerprint density at radius 1 is 1.26 bits per heavy atom. The van der Waals surface area contributed by atoms with E-state index in [9.17, 15) is 0 Å². The van der Waals surface area contributed by atoms with E-state index in [-0.39, 0.29) is 0 Å². The number of piperazine rings is 1. The summed E-state index contributed by atoms with van der Waals surface area (Å²) in [5.41, 5.74) is 0. The molecular weight excluding hydrogens is 240 g/mol. The zero-order valence-electron chi connectivity index (χ0n) is 11.8. The molecule has 0 atom stereocenters. The molecule has 1 aromatic rings. The lowest BCUT2D eigenvalue weighted by Crippen LogP contribution is -2.61. The molecule has 106 valence electrons. The lowest BCUT2D eigenvalue weighted by Gasteiger charge is -2.43. The van der Waals surface area contributed by atoms with Crippen molar-refractivity contribution in [3.05, 3.63) is 12.2 Å². The minimum atomic E-state index is 0.783. The largest absolute Gasteiger partial charge is 0.314 e. The molecule has 0 aromatic carbocycles. The highest BCUT2D eigenvalue weighted by atomic mass is 15.4. The topological polar surface area (TPSA) is 49.2 Å². The number of hydrogen-bond acceptors (Lipinski definition) is 5. The minimum Gasteiger partial charge on any atom is -0.314 e. The third-order valence-electron chi connectivity index (χ3n) is 4.18. The van der Waals surface area contributed by atoms with Crippen LogP contribution < -0.4 is 5.32 Å². The van der Waals surface area contributed by atoms with Crippen LogP contribution in [0.1, 0.15) is 19.2 Å². The van der Waals surface area contributed by atoms with Crippen molar-refractivity contribution in [3.8, 4) is 0 Å². The van der Waals surface area contributed by atoms with E-state index in [1.54, 1.807) is 6.33 Å². The normalized spacial score (nSPS) is 22.6. The van der Waals surface area contributed by atoms with Crippen LogP contribution in [0.2, 0.25) is 0 Å². The van der Waals surface area contributed by atoms with Crippen LogP contribution in [-0.4, -0.2) is 69.9 Å². The van der Waals surface area contributed by atoms with Gasteiger partial charge >= 0.3 is 0 Å². The molecule has 19 heavy (non-hydrogen) atoms. The van der Waals surface area contributed by atoms with Gasteiger partial charge in [-0.1, -0.05) is 6.92 Å². The van der Waals surface area contributed by atoms with E-state index in [0.29, 0.717) is 0 Å². The van der Waals surface area contributed by atoms with Crippen LogP contribution in [-0.2, 0) is 13.1 Å². The number of nitrogens with one attached hydrogen (secondary N) is 1. The Hall–Kier alpha value is -0.980. The average Bonchev–Trinajstić information content (AvgIpc) is 2.78. The van der Waals surface area contributed by atoms with Crippen molar-refractivity contribution in [1.82, 2.24) is 29.9 Å². The van der Waals surface area contributed by atoms with Gasteiger partial charge in [-0.15, -0.1) is 0 Å². The second-order valence-electron chi connectivity index (χ2n) is 5.52. The molecule has 3 heterocycles. The Morgan fingerprint density at radius 3 is 2.68 bits per heavy atom. The van der Waals surface area contributed by atoms with Gasteiger partial charge in [-0.05, 0) is 6.42 Å². The summed E-state index contributed by atoms with van der Waals surface area (Å²) >= 11 is 0. The lowest BCUT2D eigenvalue weighted by molar-refractivity contribution is 0.0677. The first-order valence-corrected chi connectivity index (χ1v) is 7.40. The molecule has 1 N–H and O–H groups in total. The highest BCUT2D eigenvalue weighted by Gasteiger charge is 2.27. The third kappa shape index (κ3) is 2.96. The fourth-order valence-electron chi connectivity index (χ4n) is 2.83. The number of aromatic nitrogens is 3. The molecule has 0 saturated carbocycles. The first-order chi connectivity index (χ1) is 9.36. The van der Waals surface area contributed by atoms with Crippen LogP contribution in [0, 0.1) is 0 Å². The van der Waals surface area contributed by atoms with Gasteiger partial charge in [0, 0.05) is 51.9 Å². The van der Waals surface area contributed by atoms with Crippen LogP contribution in [0.5, 0.6) is 0 Å². The number of rotatable bonds is 5. The third-order valence-corrected chi connectivity index (χ3v) is 4.18. The SMILES string of the molecule is CCCn1ncnc1CN1CCN(C2CNC2)CC1. The van der Waals surface area contributed by atoms with E-state index in [1.165, 1.54) is 26.2 Å². The highest BCUT2D eigenvalue weighted by Crippen LogP contribution is 2.11. The van der Waals surface area contributed by atoms with E-state index in [4.69, 9.17) is 0 Å². The van der Waals surface area contributed by atoms with Gasteiger partial charge in [0.05, 0.1) is 6.54 Å². The molecule has 6 heteroatoms. The summed E-state index contributed by atoms with van der Waals surface area (Å²) in [4.78, 5) is 9.51. The predicted octanol–water partition coefficient (Wildman–Crippen LogP) is -0.222. The van der Waals surface area contributed by atoms with Gasteiger partial charge in [-0.3, -0.25) is 9.80 Å². The molecule has 0 amide bonds. The number of nitrogens with zero attached hydrogens (tertiary/aromatic N) is 5. The lowest BCUT2D eigenvalue weighted by atomic mass is 10.1. The van der Waals surface area contributed by atoms with Crippen molar-refractivity contribution in [2.75, 3.05) is 39.3 Å². The Kier molecular flexibility index (Phi) is 4.10. The van der Waals surface area contributed by atoms with E-state index >= 15 is 0 Å². The molecule has 2 fully saturated rings. The van der Waals surface area contributed by atoms with Gasteiger partial charge < -0.3 is 5.32 Å². The molecule has 1 aromatic heterocycles. The molecular formula is C13H24N6. The van der Waals surface area contributed by atoms with Crippen LogP contribution in [0.4, 0.5) is 0 Å². The molecule has 0 spiro atoms. The van der Waals surface area contributed by atoms with Gasteiger partial charge in [-0.2, -0.15) is 5.10 Å². The highest BCUT2D eigenvalue weighted by molar-refractivity contribution is 4.90. The molecule has 2 aliphatic rings. The quantitative estimate of drug-likeness (QED) is 0.797. The van der Waals surface area contributed by atoms with Gasteiger partial charge in [0.2, 0.25) is 0 Å². The van der Waals surface area contributed by atoms with Gasteiger partial charge in [-0.25, -0.2) is 9.67 Å². The summed E-state index contributed by atoms with van der Waals surface area (Å²) in [6, 6.07) is 0.783. The van der Waals surface area contributed by atoms with Crippen LogP contribution >= 0.6 is 0 Å². The fraction of sp³-hybridized carbons (Fsp3) is 0.846. The Labute approximate surface area is 114 Å². The average molecular weight is 264 g/mol. The zero-order valence-corrected chi connectivity index (χ0v) is 11.8. The molecule has 0 radical (unpaired) electrons. The standard InChI is InChI=1S/C13H24N6/c1-2-3-19-13(15-11-16-19)10-17-4-6-18(7-5-17)12-8-14-9-12/h11-12,14H,2-10H2,1H3. The molecule has 2 aliphatic heterocycles. The van der Waals surface area contributed by atoms with Crippen molar-refractivity contribution in [2.45, 2.75) is 32.5 Å². The maximum absolute atomic E-state index is 4.40.